The molecule has 2 aromatic rings. The predicted molar refractivity (Wildman–Crippen MR) is 127 cm³/mol. The van der Waals surface area contributed by atoms with Crippen molar-refractivity contribution in [2.45, 2.75) is 46.1 Å². The highest BCUT2D eigenvalue weighted by Crippen LogP contribution is 2.14. The molecule has 0 saturated heterocycles. The first kappa shape index (κ1) is 25.2. The Bertz CT molecular complexity index is 776. The molecule has 1 atom stereocenters. The van der Waals surface area contributed by atoms with Gasteiger partial charge in [0.25, 0.3) is 0 Å². The van der Waals surface area contributed by atoms with Gasteiger partial charge in [0.1, 0.15) is 11.6 Å². The number of aliphatic imine (C=N–C) groups is 1. The molecule has 0 spiro atoms. The van der Waals surface area contributed by atoms with Crippen LogP contribution < -0.4 is 15.4 Å². The van der Waals surface area contributed by atoms with E-state index in [0.29, 0.717) is 12.4 Å². The van der Waals surface area contributed by atoms with E-state index in [9.17, 15) is 4.39 Å². The average molecular weight is 517 g/mol. The van der Waals surface area contributed by atoms with Gasteiger partial charge >= 0.3 is 0 Å². The lowest BCUT2D eigenvalue weighted by Crippen LogP contribution is -2.43. The van der Waals surface area contributed by atoms with E-state index < -0.39 is 0 Å². The summed E-state index contributed by atoms with van der Waals surface area (Å²) in [6.45, 7) is 7.72. The van der Waals surface area contributed by atoms with Crippen LogP contribution in [0.15, 0.2) is 29.3 Å². The summed E-state index contributed by atoms with van der Waals surface area (Å²) in [5.74, 6) is 1.24. The Morgan fingerprint density at radius 2 is 1.93 bits per heavy atom. The number of guanidine groups is 1. The summed E-state index contributed by atoms with van der Waals surface area (Å²) in [4.78, 5) is 4.30. The van der Waals surface area contributed by atoms with Crippen LogP contribution in [0, 0.1) is 19.7 Å². The highest BCUT2D eigenvalue weighted by Gasteiger charge is 2.13. The minimum absolute atomic E-state index is 0. The molecular formula is C21H33FIN5O. The van der Waals surface area contributed by atoms with Crippen molar-refractivity contribution in [2.24, 2.45) is 12.0 Å². The Hall–Kier alpha value is -1.84. The van der Waals surface area contributed by atoms with E-state index in [2.05, 4.69) is 41.5 Å². The van der Waals surface area contributed by atoms with Gasteiger partial charge in [0.05, 0.1) is 12.3 Å². The first-order valence-electron chi connectivity index (χ1n) is 9.75. The topological polar surface area (TPSA) is 63.5 Å². The molecule has 0 bridgehead atoms. The van der Waals surface area contributed by atoms with Crippen molar-refractivity contribution in [1.82, 2.24) is 20.4 Å². The lowest BCUT2D eigenvalue weighted by Gasteiger charge is -2.18. The van der Waals surface area contributed by atoms with Crippen LogP contribution in [0.1, 0.15) is 36.7 Å². The van der Waals surface area contributed by atoms with Crippen LogP contribution in [0.25, 0.3) is 0 Å². The maximum atomic E-state index is 12.9. The Morgan fingerprint density at radius 1 is 1.24 bits per heavy atom. The fraction of sp³-hybridized carbons (Fsp3) is 0.524. The smallest absolute Gasteiger partial charge is 0.191 e. The van der Waals surface area contributed by atoms with Gasteiger partial charge in [0.2, 0.25) is 0 Å². The summed E-state index contributed by atoms with van der Waals surface area (Å²) < 4.78 is 20.4. The molecule has 1 aromatic heterocycles. The Balaban J connectivity index is 0.00000420. The number of rotatable bonds is 9. The third-order valence-electron chi connectivity index (χ3n) is 4.72. The van der Waals surface area contributed by atoms with Crippen molar-refractivity contribution < 1.29 is 9.13 Å². The van der Waals surface area contributed by atoms with E-state index in [-0.39, 0.29) is 35.8 Å². The Labute approximate surface area is 190 Å². The minimum Gasteiger partial charge on any atom is -0.494 e. The molecule has 1 heterocycles. The number of aromatic nitrogens is 2. The zero-order valence-electron chi connectivity index (χ0n) is 18.0. The maximum absolute atomic E-state index is 12.9. The van der Waals surface area contributed by atoms with Crippen LogP contribution in [0.2, 0.25) is 0 Å². The van der Waals surface area contributed by atoms with Gasteiger partial charge in [-0.05, 0) is 69.9 Å². The summed E-state index contributed by atoms with van der Waals surface area (Å²) in [5.41, 5.74) is 3.57. The van der Waals surface area contributed by atoms with E-state index in [0.717, 1.165) is 37.5 Å². The quantitative estimate of drug-likeness (QED) is 0.230. The van der Waals surface area contributed by atoms with Gasteiger partial charge < -0.3 is 15.4 Å². The van der Waals surface area contributed by atoms with E-state index in [1.54, 1.807) is 19.2 Å². The van der Waals surface area contributed by atoms with E-state index >= 15 is 0 Å². The number of benzene rings is 1. The highest BCUT2D eigenvalue weighted by molar-refractivity contribution is 14.0. The van der Waals surface area contributed by atoms with Gasteiger partial charge in [-0.25, -0.2) is 4.39 Å². The molecule has 1 unspecified atom stereocenters. The van der Waals surface area contributed by atoms with Gasteiger partial charge in [-0.2, -0.15) is 5.10 Å². The van der Waals surface area contributed by atoms with Gasteiger partial charge in [0.15, 0.2) is 5.96 Å². The van der Waals surface area contributed by atoms with Crippen LogP contribution in [0.3, 0.4) is 0 Å². The summed E-state index contributed by atoms with van der Waals surface area (Å²) in [7, 11) is 3.75. The number of unbranched alkanes of at least 4 members (excludes halogenated alkanes) is 1. The zero-order valence-corrected chi connectivity index (χ0v) is 20.3. The molecule has 6 nitrogen and oxygen atoms in total. The highest BCUT2D eigenvalue weighted by atomic mass is 127. The Kier molecular flexibility index (Phi) is 11.0. The number of hydrogen-bond donors (Lipinski definition) is 2. The number of halogens is 2. The van der Waals surface area contributed by atoms with Crippen molar-refractivity contribution in [3.63, 3.8) is 0 Å². The molecule has 0 saturated carbocycles. The van der Waals surface area contributed by atoms with Gasteiger partial charge in [-0.3, -0.25) is 9.67 Å². The average Bonchev–Trinajstić information content (AvgIpc) is 2.91. The second kappa shape index (κ2) is 12.7. The lowest BCUT2D eigenvalue weighted by molar-refractivity contribution is 0.306. The molecular weight excluding hydrogens is 484 g/mol. The second-order valence-electron chi connectivity index (χ2n) is 7.03. The molecule has 0 aliphatic heterocycles. The Morgan fingerprint density at radius 3 is 2.52 bits per heavy atom. The third kappa shape index (κ3) is 8.20. The molecule has 2 rings (SSSR count). The SMILES string of the molecule is CN=C(NCCCCOc1ccc(F)cc1)NC(C)Cc1c(C)nn(C)c1C.I. The van der Waals surface area contributed by atoms with E-state index in [4.69, 9.17) is 4.74 Å². The molecule has 0 fully saturated rings. The minimum atomic E-state index is -0.251. The van der Waals surface area contributed by atoms with E-state index in [1.807, 2.05) is 11.7 Å². The first-order chi connectivity index (χ1) is 13.4. The number of nitrogens with one attached hydrogen (secondary N) is 2. The van der Waals surface area contributed by atoms with E-state index in [1.165, 1.54) is 23.4 Å². The van der Waals surface area contributed by atoms with Crippen LogP contribution >= 0.6 is 24.0 Å². The van der Waals surface area contributed by atoms with Crippen LogP contribution in [-0.2, 0) is 13.5 Å². The summed E-state index contributed by atoms with van der Waals surface area (Å²) in [5, 5.41) is 11.3. The van der Waals surface area contributed by atoms with Crippen LogP contribution in [0.4, 0.5) is 4.39 Å². The molecule has 162 valence electrons. The molecule has 0 amide bonds. The summed E-state index contributed by atoms with van der Waals surface area (Å²) in [6.07, 6.45) is 2.76. The maximum Gasteiger partial charge on any atom is 0.191 e. The fourth-order valence-electron chi connectivity index (χ4n) is 3.05. The van der Waals surface area contributed by atoms with Crippen molar-refractivity contribution in [2.75, 3.05) is 20.2 Å². The molecule has 1 aromatic carbocycles. The second-order valence-corrected chi connectivity index (χ2v) is 7.03. The van der Waals surface area contributed by atoms with Gasteiger partial charge in [-0.1, -0.05) is 0 Å². The molecule has 8 heteroatoms. The first-order valence-corrected chi connectivity index (χ1v) is 9.75. The number of nitrogens with zero attached hydrogens (tertiary/aromatic N) is 3. The fourth-order valence-corrected chi connectivity index (χ4v) is 3.05. The molecule has 2 N–H and O–H groups in total. The van der Waals surface area contributed by atoms with Crippen molar-refractivity contribution in [3.8, 4) is 5.75 Å². The van der Waals surface area contributed by atoms with Crippen molar-refractivity contribution in [3.05, 3.63) is 47.0 Å². The summed E-state index contributed by atoms with van der Waals surface area (Å²) in [6, 6.07) is 6.35. The van der Waals surface area contributed by atoms with Crippen LogP contribution in [0.5, 0.6) is 5.75 Å². The van der Waals surface area contributed by atoms with Crippen LogP contribution in [-0.4, -0.2) is 42.0 Å². The predicted octanol–water partition coefficient (Wildman–Crippen LogP) is 3.75. The zero-order chi connectivity index (χ0) is 20.5. The lowest BCUT2D eigenvalue weighted by atomic mass is 10.1. The molecule has 0 radical (unpaired) electrons. The van der Waals surface area contributed by atoms with Gasteiger partial charge in [-0.15, -0.1) is 24.0 Å². The number of aryl methyl sites for hydroxylation is 2. The normalized spacial score (nSPS) is 12.3. The van der Waals surface area contributed by atoms with Crippen molar-refractivity contribution in [1.29, 1.82) is 0 Å². The third-order valence-corrected chi connectivity index (χ3v) is 4.72. The standard InChI is InChI=1S/C21H32FN5O.HI/c1-15(14-20-16(2)26-27(5)17(20)3)25-21(23-4)24-12-6-7-13-28-19-10-8-18(22)9-11-19;/h8-11,15H,6-7,12-14H2,1-5H3,(H2,23,24,25);1H. The summed E-state index contributed by atoms with van der Waals surface area (Å²) >= 11 is 0. The number of hydrogen-bond acceptors (Lipinski definition) is 3. The monoisotopic (exact) mass is 517 g/mol. The largest absolute Gasteiger partial charge is 0.494 e. The van der Waals surface area contributed by atoms with Crippen molar-refractivity contribution >= 4 is 29.9 Å². The molecule has 0 aliphatic carbocycles. The number of ether oxygens (including phenoxy) is 1. The molecule has 29 heavy (non-hydrogen) atoms. The molecule has 0 aliphatic rings. The van der Waals surface area contributed by atoms with Gasteiger partial charge in [0, 0.05) is 32.4 Å².